The summed E-state index contributed by atoms with van der Waals surface area (Å²) in [5.41, 5.74) is 0.426. The van der Waals surface area contributed by atoms with E-state index in [2.05, 4.69) is 27.7 Å². The lowest BCUT2D eigenvalue weighted by Crippen LogP contribution is -2.20. The van der Waals surface area contributed by atoms with Gasteiger partial charge in [-0.05, 0) is 29.9 Å². The maximum Gasteiger partial charge on any atom is 0.130 e. The van der Waals surface area contributed by atoms with E-state index in [0.29, 0.717) is 22.9 Å². The summed E-state index contributed by atoms with van der Waals surface area (Å²) < 4.78 is 13.6. The summed E-state index contributed by atoms with van der Waals surface area (Å²) in [6, 6.07) is 4.39. The zero-order valence-electron chi connectivity index (χ0n) is 10.8. The predicted molar refractivity (Wildman–Crippen MR) is 69.6 cm³/mol. The molecule has 2 unspecified atom stereocenters. The van der Waals surface area contributed by atoms with Crippen LogP contribution in [0.15, 0.2) is 18.2 Å². The number of benzene rings is 1. The predicted octanol–water partition coefficient (Wildman–Crippen LogP) is 4.58. The highest BCUT2D eigenvalue weighted by Crippen LogP contribution is 2.34. The summed E-state index contributed by atoms with van der Waals surface area (Å²) in [5, 5.41) is 10.4. The molecule has 0 aliphatic carbocycles. The van der Waals surface area contributed by atoms with E-state index in [-0.39, 0.29) is 5.41 Å². The lowest BCUT2D eigenvalue weighted by molar-refractivity contribution is 0.108. The molecule has 3 heteroatoms. The average molecular weight is 259 g/mol. The lowest BCUT2D eigenvalue weighted by Gasteiger charge is -2.29. The van der Waals surface area contributed by atoms with Crippen LogP contribution in [0, 0.1) is 17.2 Å². The summed E-state index contributed by atoms with van der Waals surface area (Å²) in [6.07, 6.45) is -0.233. The van der Waals surface area contributed by atoms with E-state index in [1.165, 1.54) is 6.07 Å². The molecule has 0 heterocycles. The van der Waals surface area contributed by atoms with Gasteiger partial charge in [0.1, 0.15) is 5.82 Å². The quantitative estimate of drug-likeness (QED) is 0.841. The number of aliphatic hydroxyl groups is 1. The second-order valence-corrected chi connectivity index (χ2v) is 6.12. The fraction of sp³-hybridized carbons (Fsp3) is 0.571. The van der Waals surface area contributed by atoms with Gasteiger partial charge in [-0.2, -0.15) is 0 Å². The van der Waals surface area contributed by atoms with Crippen LogP contribution in [0.4, 0.5) is 4.39 Å². The van der Waals surface area contributed by atoms with Gasteiger partial charge in [-0.1, -0.05) is 45.4 Å². The third kappa shape index (κ3) is 3.97. The average Bonchev–Trinajstić information content (AvgIpc) is 2.15. The summed E-state index contributed by atoms with van der Waals surface area (Å²) in [7, 11) is 0. The van der Waals surface area contributed by atoms with Crippen molar-refractivity contribution < 1.29 is 9.50 Å². The Hall–Kier alpha value is -0.600. The van der Waals surface area contributed by atoms with Crippen molar-refractivity contribution in [3.63, 3.8) is 0 Å². The molecule has 1 N–H and O–H groups in total. The lowest BCUT2D eigenvalue weighted by atomic mass is 9.78. The van der Waals surface area contributed by atoms with Gasteiger partial charge >= 0.3 is 0 Å². The molecule has 0 aliphatic rings. The first-order valence-corrected chi connectivity index (χ1v) is 6.22. The molecule has 0 saturated heterocycles. The molecule has 1 nitrogen and oxygen atoms in total. The van der Waals surface area contributed by atoms with Crippen LogP contribution in [0.25, 0.3) is 0 Å². The number of aliphatic hydroxyl groups excluding tert-OH is 1. The molecule has 0 aromatic heterocycles. The van der Waals surface area contributed by atoms with Crippen molar-refractivity contribution in [2.45, 2.75) is 40.2 Å². The zero-order chi connectivity index (χ0) is 13.2. The smallest absolute Gasteiger partial charge is 0.130 e. The van der Waals surface area contributed by atoms with Crippen molar-refractivity contribution in [3.05, 3.63) is 34.6 Å². The number of hydrogen-bond donors (Lipinski definition) is 1. The summed E-state index contributed by atoms with van der Waals surface area (Å²) in [6.45, 7) is 8.41. The summed E-state index contributed by atoms with van der Waals surface area (Å²) in [5.74, 6) is -0.140. The third-order valence-corrected chi connectivity index (χ3v) is 3.61. The standard InChI is InChI=1S/C14H20ClFO/c1-9(14(2,3)4)7-13(17)11-6-5-10(15)8-12(11)16/h5-6,8-9,13,17H,7H2,1-4H3. The van der Waals surface area contributed by atoms with E-state index in [9.17, 15) is 9.50 Å². The third-order valence-electron chi connectivity index (χ3n) is 3.38. The van der Waals surface area contributed by atoms with Crippen LogP contribution < -0.4 is 0 Å². The van der Waals surface area contributed by atoms with Crippen molar-refractivity contribution in [2.75, 3.05) is 0 Å². The molecule has 0 spiro atoms. The monoisotopic (exact) mass is 258 g/mol. The number of rotatable bonds is 3. The highest BCUT2D eigenvalue weighted by molar-refractivity contribution is 6.30. The maximum atomic E-state index is 13.6. The van der Waals surface area contributed by atoms with Crippen LogP contribution in [-0.2, 0) is 0 Å². The van der Waals surface area contributed by atoms with Gasteiger partial charge in [0.25, 0.3) is 0 Å². The molecule has 0 amide bonds. The van der Waals surface area contributed by atoms with Gasteiger partial charge in [-0.15, -0.1) is 0 Å². The van der Waals surface area contributed by atoms with Crippen LogP contribution in [-0.4, -0.2) is 5.11 Å². The molecule has 0 radical (unpaired) electrons. The van der Waals surface area contributed by atoms with Gasteiger partial charge in [0.15, 0.2) is 0 Å². The number of halogens is 2. The first-order chi connectivity index (χ1) is 7.71. The largest absolute Gasteiger partial charge is 0.388 e. The van der Waals surface area contributed by atoms with E-state index in [1.54, 1.807) is 12.1 Å². The Morgan fingerprint density at radius 2 is 1.94 bits per heavy atom. The van der Waals surface area contributed by atoms with E-state index in [4.69, 9.17) is 11.6 Å². The van der Waals surface area contributed by atoms with Gasteiger partial charge < -0.3 is 5.11 Å². The molecule has 0 fully saturated rings. The van der Waals surface area contributed by atoms with Gasteiger partial charge in [0.2, 0.25) is 0 Å². The van der Waals surface area contributed by atoms with Crippen LogP contribution in [0.3, 0.4) is 0 Å². The molecular formula is C14H20ClFO. The van der Waals surface area contributed by atoms with Gasteiger partial charge in [0, 0.05) is 10.6 Å². The fourth-order valence-electron chi connectivity index (χ4n) is 1.59. The minimum atomic E-state index is -0.776. The van der Waals surface area contributed by atoms with E-state index in [1.807, 2.05) is 0 Å². The van der Waals surface area contributed by atoms with Gasteiger partial charge in [0.05, 0.1) is 6.10 Å². The van der Waals surface area contributed by atoms with E-state index in [0.717, 1.165) is 0 Å². The Labute approximate surface area is 108 Å². The fourth-order valence-corrected chi connectivity index (χ4v) is 1.75. The molecule has 0 bridgehead atoms. The normalized spacial score (nSPS) is 15.7. The van der Waals surface area contributed by atoms with Crippen molar-refractivity contribution in [3.8, 4) is 0 Å². The van der Waals surface area contributed by atoms with E-state index < -0.39 is 11.9 Å². The Morgan fingerprint density at radius 3 is 2.41 bits per heavy atom. The second kappa shape index (κ2) is 5.36. The molecule has 1 aromatic carbocycles. The minimum absolute atomic E-state index is 0.101. The molecule has 2 atom stereocenters. The van der Waals surface area contributed by atoms with Crippen LogP contribution >= 0.6 is 11.6 Å². The molecule has 0 aliphatic heterocycles. The van der Waals surface area contributed by atoms with Gasteiger partial charge in [-0.25, -0.2) is 4.39 Å². The number of hydrogen-bond acceptors (Lipinski definition) is 1. The molecule has 96 valence electrons. The second-order valence-electron chi connectivity index (χ2n) is 5.68. The summed E-state index contributed by atoms with van der Waals surface area (Å²) in [4.78, 5) is 0. The highest BCUT2D eigenvalue weighted by Gasteiger charge is 2.24. The summed E-state index contributed by atoms with van der Waals surface area (Å²) >= 11 is 5.68. The van der Waals surface area contributed by atoms with Crippen molar-refractivity contribution in [1.82, 2.24) is 0 Å². The molecule has 1 aromatic rings. The maximum absolute atomic E-state index is 13.6. The molecular weight excluding hydrogens is 239 g/mol. The van der Waals surface area contributed by atoms with Crippen LogP contribution in [0.1, 0.15) is 45.8 Å². The van der Waals surface area contributed by atoms with Crippen molar-refractivity contribution >= 4 is 11.6 Å². The van der Waals surface area contributed by atoms with Crippen molar-refractivity contribution in [2.24, 2.45) is 11.3 Å². The highest BCUT2D eigenvalue weighted by atomic mass is 35.5. The Bertz CT molecular complexity index is 384. The first-order valence-electron chi connectivity index (χ1n) is 5.85. The van der Waals surface area contributed by atoms with Crippen LogP contribution in [0.5, 0.6) is 0 Å². The molecule has 17 heavy (non-hydrogen) atoms. The Morgan fingerprint density at radius 1 is 1.35 bits per heavy atom. The Kier molecular flexibility index (Phi) is 4.56. The SMILES string of the molecule is CC(CC(O)c1ccc(Cl)cc1F)C(C)(C)C. The molecule has 1 rings (SSSR count). The van der Waals surface area contributed by atoms with Crippen LogP contribution in [0.2, 0.25) is 5.02 Å². The van der Waals surface area contributed by atoms with Crippen molar-refractivity contribution in [1.29, 1.82) is 0 Å². The topological polar surface area (TPSA) is 20.2 Å². The molecule has 0 saturated carbocycles. The Balaban J connectivity index is 2.80. The minimum Gasteiger partial charge on any atom is -0.388 e. The van der Waals surface area contributed by atoms with E-state index >= 15 is 0 Å². The van der Waals surface area contributed by atoms with Gasteiger partial charge in [-0.3, -0.25) is 0 Å². The first kappa shape index (κ1) is 14.5. The zero-order valence-corrected chi connectivity index (χ0v) is 11.6.